The Morgan fingerprint density at radius 3 is 2.32 bits per heavy atom. The van der Waals surface area contributed by atoms with Crippen LogP contribution in [0.3, 0.4) is 0 Å². The van der Waals surface area contributed by atoms with Crippen molar-refractivity contribution in [2.24, 2.45) is 0 Å². The van der Waals surface area contributed by atoms with Gasteiger partial charge in [-0.25, -0.2) is 0 Å². The largest absolute Gasteiger partial charge is 0.394 e. The van der Waals surface area contributed by atoms with E-state index >= 15 is 0 Å². The molecule has 0 aromatic carbocycles. The van der Waals surface area contributed by atoms with Crippen LogP contribution in [0.15, 0.2) is 12.2 Å². The standard InChI is InChI=1S/C13H22O6/c1-7-2-4-8(5-3-7)18-13-12(17)11(16)10(15)9(6-14)19-13/h8-17H,1-6H2/t9-,10-,11?,12?,13?/m1/s1. The van der Waals surface area contributed by atoms with Crippen molar-refractivity contribution in [1.82, 2.24) is 0 Å². The van der Waals surface area contributed by atoms with Gasteiger partial charge in [-0.1, -0.05) is 12.2 Å². The van der Waals surface area contributed by atoms with Crippen molar-refractivity contribution in [3.05, 3.63) is 12.2 Å². The van der Waals surface area contributed by atoms with Crippen molar-refractivity contribution >= 4 is 0 Å². The van der Waals surface area contributed by atoms with Crippen LogP contribution >= 0.6 is 0 Å². The summed E-state index contributed by atoms with van der Waals surface area (Å²) in [4.78, 5) is 0. The first-order chi connectivity index (χ1) is 9.02. The van der Waals surface area contributed by atoms with Crippen LogP contribution in [-0.2, 0) is 9.47 Å². The number of ether oxygens (including phenoxy) is 2. The molecule has 4 N–H and O–H groups in total. The second-order valence-corrected chi connectivity index (χ2v) is 5.28. The SMILES string of the molecule is C=C1CCC(OC2O[C@H](CO)[C@@H](O)C(O)C2O)CC1. The van der Waals surface area contributed by atoms with Crippen molar-refractivity contribution in [2.75, 3.05) is 6.61 Å². The normalized spacial score (nSPS) is 41.5. The Morgan fingerprint density at radius 2 is 1.74 bits per heavy atom. The van der Waals surface area contributed by atoms with Crippen molar-refractivity contribution in [3.63, 3.8) is 0 Å². The van der Waals surface area contributed by atoms with E-state index in [-0.39, 0.29) is 6.10 Å². The molecular formula is C13H22O6. The Labute approximate surface area is 112 Å². The Kier molecular flexibility index (Phi) is 4.94. The smallest absolute Gasteiger partial charge is 0.186 e. The average molecular weight is 274 g/mol. The topological polar surface area (TPSA) is 99.4 Å². The third-order valence-electron chi connectivity index (χ3n) is 3.81. The van der Waals surface area contributed by atoms with Crippen molar-refractivity contribution in [2.45, 2.75) is 62.5 Å². The molecule has 2 fully saturated rings. The molecule has 6 heteroatoms. The van der Waals surface area contributed by atoms with Gasteiger partial charge in [0, 0.05) is 0 Å². The van der Waals surface area contributed by atoms with E-state index in [4.69, 9.17) is 14.6 Å². The van der Waals surface area contributed by atoms with Gasteiger partial charge in [0.2, 0.25) is 0 Å². The second-order valence-electron chi connectivity index (χ2n) is 5.28. The molecule has 6 nitrogen and oxygen atoms in total. The van der Waals surface area contributed by atoms with Crippen LogP contribution in [0.2, 0.25) is 0 Å². The number of hydrogen-bond acceptors (Lipinski definition) is 6. The molecule has 1 aliphatic heterocycles. The Bertz CT molecular complexity index is 308. The molecule has 5 atom stereocenters. The van der Waals surface area contributed by atoms with E-state index in [0.717, 1.165) is 25.7 Å². The monoisotopic (exact) mass is 274 g/mol. The summed E-state index contributed by atoms with van der Waals surface area (Å²) in [6.07, 6.45) is -2.68. The van der Waals surface area contributed by atoms with E-state index in [1.54, 1.807) is 0 Å². The first-order valence-electron chi connectivity index (χ1n) is 6.65. The Hall–Kier alpha value is -0.500. The van der Waals surface area contributed by atoms with E-state index in [0.29, 0.717) is 0 Å². The fourth-order valence-electron chi connectivity index (χ4n) is 2.51. The molecule has 2 rings (SSSR count). The lowest BCUT2D eigenvalue weighted by molar-refractivity contribution is -0.312. The highest BCUT2D eigenvalue weighted by Crippen LogP contribution is 2.29. The Balaban J connectivity index is 1.93. The van der Waals surface area contributed by atoms with Crippen LogP contribution in [0.4, 0.5) is 0 Å². The van der Waals surface area contributed by atoms with Crippen LogP contribution < -0.4 is 0 Å². The quantitative estimate of drug-likeness (QED) is 0.508. The van der Waals surface area contributed by atoms with Gasteiger partial charge in [-0.15, -0.1) is 0 Å². The van der Waals surface area contributed by atoms with Gasteiger partial charge in [-0.3, -0.25) is 0 Å². The van der Waals surface area contributed by atoms with E-state index in [2.05, 4.69) is 6.58 Å². The van der Waals surface area contributed by atoms with Gasteiger partial charge in [0.15, 0.2) is 6.29 Å². The summed E-state index contributed by atoms with van der Waals surface area (Å²) in [7, 11) is 0. The number of rotatable bonds is 3. The van der Waals surface area contributed by atoms with Gasteiger partial charge in [0.25, 0.3) is 0 Å². The van der Waals surface area contributed by atoms with Crippen molar-refractivity contribution in [1.29, 1.82) is 0 Å². The summed E-state index contributed by atoms with van der Waals surface area (Å²) in [5, 5.41) is 38.2. The molecule has 1 aliphatic carbocycles. The molecule has 1 heterocycles. The summed E-state index contributed by atoms with van der Waals surface area (Å²) in [5.74, 6) is 0. The fraction of sp³-hybridized carbons (Fsp3) is 0.846. The maximum absolute atomic E-state index is 9.84. The lowest BCUT2D eigenvalue weighted by Crippen LogP contribution is -2.59. The van der Waals surface area contributed by atoms with Crippen LogP contribution in [0.25, 0.3) is 0 Å². The van der Waals surface area contributed by atoms with E-state index < -0.39 is 37.3 Å². The molecule has 0 spiro atoms. The fourth-order valence-corrected chi connectivity index (χ4v) is 2.51. The van der Waals surface area contributed by atoms with Gasteiger partial charge in [-0.2, -0.15) is 0 Å². The highest BCUT2D eigenvalue weighted by molar-refractivity contribution is 4.99. The summed E-state index contributed by atoms with van der Waals surface area (Å²) in [5.41, 5.74) is 1.19. The third-order valence-corrected chi connectivity index (χ3v) is 3.81. The molecule has 1 saturated carbocycles. The molecule has 19 heavy (non-hydrogen) atoms. The van der Waals surface area contributed by atoms with Gasteiger partial charge in [0.05, 0.1) is 12.7 Å². The molecular weight excluding hydrogens is 252 g/mol. The molecule has 0 aromatic rings. The molecule has 0 amide bonds. The second kappa shape index (κ2) is 6.30. The molecule has 0 radical (unpaired) electrons. The van der Waals surface area contributed by atoms with Gasteiger partial charge in [-0.05, 0) is 25.7 Å². The van der Waals surface area contributed by atoms with E-state index in [1.807, 2.05) is 0 Å². The van der Waals surface area contributed by atoms with Crippen LogP contribution in [0, 0.1) is 0 Å². The van der Waals surface area contributed by atoms with Crippen LogP contribution in [0.5, 0.6) is 0 Å². The molecule has 110 valence electrons. The van der Waals surface area contributed by atoms with E-state index in [1.165, 1.54) is 5.57 Å². The molecule has 0 bridgehead atoms. The summed E-state index contributed by atoms with van der Waals surface area (Å²) in [6.45, 7) is 3.48. The van der Waals surface area contributed by atoms with Gasteiger partial charge in [0.1, 0.15) is 24.4 Å². The average Bonchev–Trinajstić information content (AvgIpc) is 2.42. The number of aliphatic hydroxyl groups excluding tert-OH is 4. The lowest BCUT2D eigenvalue weighted by atomic mass is 9.93. The minimum Gasteiger partial charge on any atom is -0.394 e. The molecule has 1 saturated heterocycles. The summed E-state index contributed by atoms with van der Waals surface area (Å²) >= 11 is 0. The van der Waals surface area contributed by atoms with Crippen LogP contribution in [0.1, 0.15) is 25.7 Å². The van der Waals surface area contributed by atoms with E-state index in [9.17, 15) is 15.3 Å². The zero-order valence-corrected chi connectivity index (χ0v) is 10.8. The number of allylic oxidation sites excluding steroid dienone is 1. The molecule has 0 aromatic heterocycles. The zero-order chi connectivity index (χ0) is 14.0. The summed E-state index contributed by atoms with van der Waals surface area (Å²) < 4.78 is 11.0. The minimum atomic E-state index is -1.38. The number of aliphatic hydroxyl groups is 4. The Morgan fingerprint density at radius 1 is 1.11 bits per heavy atom. The first kappa shape index (κ1) is 14.9. The highest BCUT2D eigenvalue weighted by Gasteiger charge is 2.44. The van der Waals surface area contributed by atoms with Gasteiger partial charge >= 0.3 is 0 Å². The third kappa shape index (κ3) is 3.34. The van der Waals surface area contributed by atoms with Crippen molar-refractivity contribution in [3.8, 4) is 0 Å². The zero-order valence-electron chi connectivity index (χ0n) is 10.8. The molecule has 3 unspecified atom stereocenters. The summed E-state index contributed by atoms with van der Waals surface area (Å²) in [6, 6.07) is 0. The first-order valence-corrected chi connectivity index (χ1v) is 6.65. The van der Waals surface area contributed by atoms with Crippen molar-refractivity contribution < 1.29 is 29.9 Å². The predicted molar refractivity (Wildman–Crippen MR) is 66.2 cm³/mol. The van der Waals surface area contributed by atoms with Crippen LogP contribution in [-0.4, -0.2) is 63.8 Å². The van der Waals surface area contributed by atoms with Gasteiger partial charge < -0.3 is 29.9 Å². The number of hydrogen-bond donors (Lipinski definition) is 4. The lowest BCUT2D eigenvalue weighted by Gasteiger charge is -2.41. The highest BCUT2D eigenvalue weighted by atomic mass is 16.7. The minimum absolute atomic E-state index is 0.0630. The molecule has 2 aliphatic rings. The maximum atomic E-state index is 9.84. The maximum Gasteiger partial charge on any atom is 0.186 e. The predicted octanol–water partition coefficient (Wildman–Crippen LogP) is -0.698.